The summed E-state index contributed by atoms with van der Waals surface area (Å²) in [5, 5.41) is 5.51. The average molecular weight is 365 g/mol. The Morgan fingerprint density at radius 1 is 1.16 bits per heavy atom. The first-order valence-corrected chi connectivity index (χ1v) is 8.13. The third-order valence-corrected chi connectivity index (χ3v) is 4.48. The minimum Gasteiger partial charge on any atom is -0.355 e. The summed E-state index contributed by atoms with van der Waals surface area (Å²) in [5.74, 6) is -4.77. The second-order valence-electron chi connectivity index (χ2n) is 5.81. The van der Waals surface area contributed by atoms with Gasteiger partial charge in [-0.15, -0.1) is 0 Å². The number of anilines is 1. The Balaban J connectivity index is 1.87. The summed E-state index contributed by atoms with van der Waals surface area (Å²) in [6, 6.07) is 10.4. The molecule has 0 aromatic heterocycles. The van der Waals surface area contributed by atoms with E-state index in [9.17, 15) is 18.4 Å². The molecule has 7 heteroatoms. The lowest BCUT2D eigenvalue weighted by molar-refractivity contribution is -0.135. The Morgan fingerprint density at radius 3 is 2.60 bits per heavy atom. The first-order chi connectivity index (χ1) is 12.0. The standard InChI is InChI=1S/C18H15ClF2N2O2/c19-11-6-4-10(5-7-11)12-8-9-22-17(24)15(12)18(25)23-14-3-1-2-13(20)16(14)21/h1-7,12,15H,8-9H2,(H,22,24)(H,23,25)/t12-,15+/m1/s1. The lowest BCUT2D eigenvalue weighted by atomic mass is 9.80. The van der Waals surface area contributed by atoms with Gasteiger partial charge in [0.25, 0.3) is 0 Å². The van der Waals surface area contributed by atoms with E-state index in [1.165, 1.54) is 12.1 Å². The van der Waals surface area contributed by atoms with Crippen molar-refractivity contribution in [2.24, 2.45) is 5.92 Å². The molecule has 25 heavy (non-hydrogen) atoms. The summed E-state index contributed by atoms with van der Waals surface area (Å²) >= 11 is 5.88. The number of nitrogens with one attached hydrogen (secondary N) is 2. The van der Waals surface area contributed by atoms with Gasteiger partial charge in [-0.1, -0.05) is 29.8 Å². The summed E-state index contributed by atoms with van der Waals surface area (Å²) in [6.45, 7) is 0.435. The van der Waals surface area contributed by atoms with Crippen molar-refractivity contribution in [3.8, 4) is 0 Å². The number of hydrogen-bond acceptors (Lipinski definition) is 2. The van der Waals surface area contributed by atoms with Crippen molar-refractivity contribution in [3.05, 3.63) is 64.7 Å². The lowest BCUT2D eigenvalue weighted by Gasteiger charge is -2.30. The molecule has 2 N–H and O–H groups in total. The van der Waals surface area contributed by atoms with Crippen LogP contribution in [-0.4, -0.2) is 18.4 Å². The van der Waals surface area contributed by atoms with E-state index >= 15 is 0 Å². The molecule has 3 rings (SSSR count). The zero-order valence-electron chi connectivity index (χ0n) is 13.1. The number of piperidine rings is 1. The van der Waals surface area contributed by atoms with Gasteiger partial charge in [0.05, 0.1) is 5.69 Å². The number of carbonyl (C=O) groups excluding carboxylic acids is 2. The van der Waals surface area contributed by atoms with Crippen LogP contribution < -0.4 is 10.6 Å². The highest BCUT2D eigenvalue weighted by Crippen LogP contribution is 2.33. The molecule has 1 aliphatic heterocycles. The molecule has 1 aliphatic rings. The van der Waals surface area contributed by atoms with Gasteiger partial charge in [0.2, 0.25) is 11.8 Å². The normalized spacial score (nSPS) is 20.0. The molecule has 0 spiro atoms. The Bertz CT molecular complexity index is 811. The molecule has 0 aliphatic carbocycles. The zero-order chi connectivity index (χ0) is 18.0. The molecule has 1 heterocycles. The number of amides is 2. The molecule has 0 saturated carbocycles. The summed E-state index contributed by atoms with van der Waals surface area (Å²) < 4.78 is 27.1. The fourth-order valence-corrected chi connectivity index (χ4v) is 3.12. The van der Waals surface area contributed by atoms with Crippen LogP contribution in [0.3, 0.4) is 0 Å². The van der Waals surface area contributed by atoms with E-state index in [-0.39, 0.29) is 11.6 Å². The van der Waals surface area contributed by atoms with Crippen molar-refractivity contribution >= 4 is 29.1 Å². The highest BCUT2D eigenvalue weighted by molar-refractivity contribution is 6.30. The molecule has 0 bridgehead atoms. The Kier molecular flexibility index (Phi) is 4.99. The lowest BCUT2D eigenvalue weighted by Crippen LogP contribution is -2.46. The first-order valence-electron chi connectivity index (χ1n) is 7.75. The summed E-state index contributed by atoms with van der Waals surface area (Å²) in [7, 11) is 0. The van der Waals surface area contributed by atoms with Crippen molar-refractivity contribution in [2.75, 3.05) is 11.9 Å². The van der Waals surface area contributed by atoms with Gasteiger partial charge in [-0.2, -0.15) is 0 Å². The largest absolute Gasteiger partial charge is 0.355 e. The van der Waals surface area contributed by atoms with E-state index in [0.29, 0.717) is 18.0 Å². The second-order valence-corrected chi connectivity index (χ2v) is 6.24. The van der Waals surface area contributed by atoms with Crippen LogP contribution in [0.25, 0.3) is 0 Å². The monoisotopic (exact) mass is 364 g/mol. The third-order valence-electron chi connectivity index (χ3n) is 4.23. The maximum atomic E-state index is 13.8. The highest BCUT2D eigenvalue weighted by atomic mass is 35.5. The molecule has 2 amide bonds. The number of rotatable bonds is 3. The van der Waals surface area contributed by atoms with Crippen molar-refractivity contribution in [2.45, 2.75) is 12.3 Å². The van der Waals surface area contributed by atoms with Gasteiger partial charge in [0, 0.05) is 17.5 Å². The van der Waals surface area contributed by atoms with Crippen LogP contribution in [0, 0.1) is 17.6 Å². The van der Waals surface area contributed by atoms with Crippen LogP contribution in [0.15, 0.2) is 42.5 Å². The van der Waals surface area contributed by atoms with E-state index in [0.717, 1.165) is 11.6 Å². The fourth-order valence-electron chi connectivity index (χ4n) is 2.99. The zero-order valence-corrected chi connectivity index (χ0v) is 13.8. The van der Waals surface area contributed by atoms with Gasteiger partial charge in [0.1, 0.15) is 5.92 Å². The van der Waals surface area contributed by atoms with E-state index in [1.807, 2.05) is 0 Å². The SMILES string of the molecule is O=C1NCC[C@H](c2ccc(Cl)cc2)[C@@H]1C(=O)Nc1cccc(F)c1F. The van der Waals surface area contributed by atoms with Gasteiger partial charge in [-0.25, -0.2) is 8.78 Å². The molecule has 0 radical (unpaired) electrons. The van der Waals surface area contributed by atoms with Crippen molar-refractivity contribution in [3.63, 3.8) is 0 Å². The molecular formula is C18H15ClF2N2O2. The van der Waals surface area contributed by atoms with Crippen LogP contribution in [-0.2, 0) is 9.59 Å². The molecule has 4 nitrogen and oxygen atoms in total. The van der Waals surface area contributed by atoms with Crippen LogP contribution >= 0.6 is 11.6 Å². The number of hydrogen-bond donors (Lipinski definition) is 2. The average Bonchev–Trinajstić information content (AvgIpc) is 2.59. The topological polar surface area (TPSA) is 58.2 Å². The van der Waals surface area contributed by atoms with Gasteiger partial charge in [-0.3, -0.25) is 9.59 Å². The first kappa shape index (κ1) is 17.4. The maximum Gasteiger partial charge on any atom is 0.237 e. The molecule has 130 valence electrons. The van der Waals surface area contributed by atoms with Crippen molar-refractivity contribution < 1.29 is 18.4 Å². The minimum absolute atomic E-state index is 0.293. The Hall–Kier alpha value is -2.47. The molecule has 1 saturated heterocycles. The van der Waals surface area contributed by atoms with Gasteiger partial charge in [-0.05, 0) is 36.2 Å². The van der Waals surface area contributed by atoms with Crippen LogP contribution in [0.4, 0.5) is 14.5 Å². The quantitative estimate of drug-likeness (QED) is 0.819. The van der Waals surface area contributed by atoms with Crippen molar-refractivity contribution in [1.29, 1.82) is 0 Å². The molecule has 1 fully saturated rings. The Labute approximate surface area is 148 Å². The van der Waals surface area contributed by atoms with Crippen molar-refractivity contribution in [1.82, 2.24) is 5.32 Å². The molecule has 2 aromatic carbocycles. The van der Waals surface area contributed by atoms with E-state index in [4.69, 9.17) is 11.6 Å². The number of carbonyl (C=O) groups is 2. The number of halogens is 3. The maximum absolute atomic E-state index is 13.8. The molecular weight excluding hydrogens is 350 g/mol. The van der Waals surface area contributed by atoms with Gasteiger partial charge >= 0.3 is 0 Å². The van der Waals surface area contributed by atoms with E-state index in [2.05, 4.69) is 10.6 Å². The predicted octanol–water partition coefficient (Wildman–Crippen LogP) is 3.48. The molecule has 0 unspecified atom stereocenters. The minimum atomic E-state index is -1.16. The van der Waals surface area contributed by atoms with E-state index < -0.39 is 29.4 Å². The fraction of sp³-hybridized carbons (Fsp3) is 0.222. The Morgan fingerprint density at radius 2 is 1.88 bits per heavy atom. The number of benzene rings is 2. The highest BCUT2D eigenvalue weighted by Gasteiger charge is 2.38. The summed E-state index contributed by atoms with van der Waals surface area (Å²) in [4.78, 5) is 24.9. The van der Waals surface area contributed by atoms with Gasteiger partial charge < -0.3 is 10.6 Å². The van der Waals surface area contributed by atoms with Crippen LogP contribution in [0.5, 0.6) is 0 Å². The molecule has 2 aromatic rings. The summed E-state index contributed by atoms with van der Waals surface area (Å²) in [6.07, 6.45) is 0.553. The smallest absolute Gasteiger partial charge is 0.237 e. The van der Waals surface area contributed by atoms with Crippen LogP contribution in [0.1, 0.15) is 17.9 Å². The van der Waals surface area contributed by atoms with E-state index in [1.54, 1.807) is 24.3 Å². The molecule has 2 atom stereocenters. The predicted molar refractivity (Wildman–Crippen MR) is 90.3 cm³/mol. The second kappa shape index (κ2) is 7.19. The van der Waals surface area contributed by atoms with Crippen LogP contribution in [0.2, 0.25) is 5.02 Å². The third kappa shape index (κ3) is 3.64. The van der Waals surface area contributed by atoms with Gasteiger partial charge in [0.15, 0.2) is 11.6 Å². The summed E-state index contributed by atoms with van der Waals surface area (Å²) in [5.41, 5.74) is 0.498.